The standard InChI is InChI=1S/C8H14N2O.ClH/c1-10-7-2-3-8(10)5-6(4-7)9-11;/h7-8,11H,2-5H2,1H3;1H/p-1. The number of halogens is 1. The smallest absolute Gasteiger partial charge is 0.0601 e. The maximum Gasteiger partial charge on any atom is 0.0601 e. The molecule has 70 valence electrons. The largest absolute Gasteiger partial charge is 1.00 e. The van der Waals surface area contributed by atoms with E-state index in [1.54, 1.807) is 0 Å². The van der Waals surface area contributed by atoms with E-state index in [2.05, 4.69) is 17.1 Å². The summed E-state index contributed by atoms with van der Waals surface area (Å²) in [7, 11) is 2.18. The first-order valence-electron chi connectivity index (χ1n) is 4.23. The molecule has 2 heterocycles. The van der Waals surface area contributed by atoms with Crippen LogP contribution < -0.4 is 12.4 Å². The number of nitrogens with zero attached hydrogens (tertiary/aromatic N) is 2. The van der Waals surface area contributed by atoms with Gasteiger partial charge >= 0.3 is 0 Å². The Morgan fingerprint density at radius 3 is 2.25 bits per heavy atom. The monoisotopic (exact) mass is 189 g/mol. The van der Waals surface area contributed by atoms with Crippen molar-refractivity contribution < 1.29 is 17.6 Å². The van der Waals surface area contributed by atoms with Crippen LogP contribution in [0.1, 0.15) is 25.7 Å². The maximum absolute atomic E-state index is 8.61. The molecule has 1 N–H and O–H groups in total. The van der Waals surface area contributed by atoms with E-state index in [4.69, 9.17) is 5.21 Å². The molecule has 2 atom stereocenters. The minimum absolute atomic E-state index is 0. The lowest BCUT2D eigenvalue weighted by atomic mass is 10.0. The Hall–Kier alpha value is -0.280. The van der Waals surface area contributed by atoms with Crippen LogP contribution in [-0.4, -0.2) is 35.0 Å². The van der Waals surface area contributed by atoms with E-state index in [9.17, 15) is 0 Å². The van der Waals surface area contributed by atoms with E-state index in [0.717, 1.165) is 18.6 Å². The minimum atomic E-state index is 0. The number of rotatable bonds is 0. The summed E-state index contributed by atoms with van der Waals surface area (Å²) in [5.74, 6) is 0. The zero-order valence-electron chi connectivity index (χ0n) is 7.20. The second-order valence-electron chi connectivity index (χ2n) is 3.62. The van der Waals surface area contributed by atoms with Crippen LogP contribution in [0.25, 0.3) is 0 Å². The number of piperidine rings is 1. The first kappa shape index (κ1) is 9.81. The van der Waals surface area contributed by atoms with Crippen molar-refractivity contribution in [3.8, 4) is 0 Å². The van der Waals surface area contributed by atoms with E-state index in [1.165, 1.54) is 12.8 Å². The third-order valence-corrected chi connectivity index (χ3v) is 3.07. The molecule has 2 fully saturated rings. The molecule has 0 radical (unpaired) electrons. The van der Waals surface area contributed by atoms with Gasteiger partial charge in [0.25, 0.3) is 0 Å². The fourth-order valence-corrected chi connectivity index (χ4v) is 2.29. The Morgan fingerprint density at radius 2 is 1.83 bits per heavy atom. The summed E-state index contributed by atoms with van der Waals surface area (Å²) in [4.78, 5) is 2.43. The molecule has 2 aliphatic heterocycles. The summed E-state index contributed by atoms with van der Waals surface area (Å²) in [6.07, 6.45) is 4.51. The Kier molecular flexibility index (Phi) is 2.96. The maximum atomic E-state index is 8.61. The van der Waals surface area contributed by atoms with Gasteiger partial charge in [0.05, 0.1) is 5.71 Å². The summed E-state index contributed by atoms with van der Waals surface area (Å²) >= 11 is 0. The first-order chi connectivity index (χ1) is 5.31. The van der Waals surface area contributed by atoms with Crippen molar-refractivity contribution in [2.45, 2.75) is 37.8 Å². The molecule has 0 spiro atoms. The zero-order chi connectivity index (χ0) is 7.84. The molecule has 0 amide bonds. The number of oxime groups is 1. The van der Waals surface area contributed by atoms with E-state index in [0.29, 0.717) is 12.1 Å². The van der Waals surface area contributed by atoms with Crippen LogP contribution in [0.2, 0.25) is 0 Å². The van der Waals surface area contributed by atoms with Crippen LogP contribution >= 0.6 is 0 Å². The van der Waals surface area contributed by atoms with Gasteiger partial charge in [0, 0.05) is 24.9 Å². The van der Waals surface area contributed by atoms with Crippen molar-refractivity contribution >= 4 is 5.71 Å². The number of fused-ring (bicyclic) bond motifs is 2. The molecule has 0 aliphatic carbocycles. The van der Waals surface area contributed by atoms with Crippen molar-refractivity contribution in [2.24, 2.45) is 5.16 Å². The molecule has 0 aromatic carbocycles. The third-order valence-electron chi connectivity index (χ3n) is 3.07. The van der Waals surface area contributed by atoms with Crippen molar-refractivity contribution in [1.29, 1.82) is 0 Å². The van der Waals surface area contributed by atoms with Crippen molar-refractivity contribution in [1.82, 2.24) is 4.90 Å². The van der Waals surface area contributed by atoms with Crippen LogP contribution in [0, 0.1) is 0 Å². The highest BCUT2D eigenvalue weighted by atomic mass is 35.5. The lowest BCUT2D eigenvalue weighted by Crippen LogP contribution is -3.00. The Balaban J connectivity index is 0.000000720. The first-order valence-corrected chi connectivity index (χ1v) is 4.23. The third kappa shape index (κ3) is 1.43. The summed E-state index contributed by atoms with van der Waals surface area (Å²) in [5.41, 5.74) is 0.996. The molecule has 4 heteroatoms. The van der Waals surface area contributed by atoms with Gasteiger partial charge in [-0.1, -0.05) is 5.16 Å². The molecule has 2 bridgehead atoms. The molecule has 0 aromatic heterocycles. The predicted molar refractivity (Wildman–Crippen MR) is 43.0 cm³/mol. The quantitative estimate of drug-likeness (QED) is 0.356. The van der Waals surface area contributed by atoms with Crippen LogP contribution in [-0.2, 0) is 0 Å². The summed E-state index contributed by atoms with van der Waals surface area (Å²) in [5, 5.41) is 11.9. The highest BCUT2D eigenvalue weighted by molar-refractivity contribution is 5.86. The van der Waals surface area contributed by atoms with Crippen LogP contribution in [0.4, 0.5) is 0 Å². The van der Waals surface area contributed by atoms with Gasteiger partial charge in [0.2, 0.25) is 0 Å². The number of hydrogen-bond acceptors (Lipinski definition) is 3. The van der Waals surface area contributed by atoms with E-state index < -0.39 is 0 Å². The van der Waals surface area contributed by atoms with Gasteiger partial charge in [-0.2, -0.15) is 0 Å². The van der Waals surface area contributed by atoms with Gasteiger partial charge in [-0.25, -0.2) is 0 Å². The molecule has 3 nitrogen and oxygen atoms in total. The van der Waals surface area contributed by atoms with Gasteiger partial charge in [-0.3, -0.25) is 4.90 Å². The van der Waals surface area contributed by atoms with Crippen LogP contribution in [0.5, 0.6) is 0 Å². The summed E-state index contributed by atoms with van der Waals surface area (Å²) in [6.45, 7) is 0. The molecule has 0 aromatic rings. The van der Waals surface area contributed by atoms with E-state index >= 15 is 0 Å². The molecular weight excluding hydrogens is 176 g/mol. The van der Waals surface area contributed by atoms with Gasteiger partial charge in [0.15, 0.2) is 0 Å². The molecule has 0 saturated carbocycles. The summed E-state index contributed by atoms with van der Waals surface area (Å²) < 4.78 is 0. The average Bonchev–Trinajstić information content (AvgIpc) is 2.26. The van der Waals surface area contributed by atoms with Gasteiger partial charge in [-0.15, -0.1) is 0 Å². The lowest BCUT2D eigenvalue weighted by molar-refractivity contribution is -0.00000330. The predicted octanol–water partition coefficient (Wildman–Crippen LogP) is -1.92. The molecular formula is C8H14ClN2O-. The second kappa shape index (κ2) is 3.62. The topological polar surface area (TPSA) is 35.8 Å². The van der Waals surface area contributed by atoms with Crippen molar-refractivity contribution in [3.05, 3.63) is 0 Å². The lowest BCUT2D eigenvalue weighted by Gasteiger charge is -2.31. The van der Waals surface area contributed by atoms with Crippen LogP contribution in [0.3, 0.4) is 0 Å². The second-order valence-corrected chi connectivity index (χ2v) is 3.62. The molecule has 2 saturated heterocycles. The Bertz CT molecular complexity index is 179. The highest BCUT2D eigenvalue weighted by Crippen LogP contribution is 2.32. The Morgan fingerprint density at radius 1 is 1.33 bits per heavy atom. The highest BCUT2D eigenvalue weighted by Gasteiger charge is 2.36. The zero-order valence-corrected chi connectivity index (χ0v) is 7.96. The van der Waals surface area contributed by atoms with Crippen LogP contribution in [0.15, 0.2) is 5.16 Å². The van der Waals surface area contributed by atoms with Crippen molar-refractivity contribution in [3.63, 3.8) is 0 Å². The van der Waals surface area contributed by atoms with Gasteiger partial charge in [0.1, 0.15) is 0 Å². The fraction of sp³-hybridized carbons (Fsp3) is 0.875. The van der Waals surface area contributed by atoms with E-state index in [1.807, 2.05) is 0 Å². The molecule has 2 aliphatic rings. The normalized spacial score (nSPS) is 34.6. The number of hydrogen-bond donors (Lipinski definition) is 1. The molecule has 2 rings (SSSR count). The van der Waals surface area contributed by atoms with Gasteiger partial charge < -0.3 is 17.6 Å². The van der Waals surface area contributed by atoms with Crippen molar-refractivity contribution in [2.75, 3.05) is 7.05 Å². The minimum Gasteiger partial charge on any atom is -1.00 e. The average molecular weight is 190 g/mol. The molecule has 12 heavy (non-hydrogen) atoms. The SMILES string of the molecule is CN1C2CCC1CC(=NO)C2.[Cl-]. The van der Waals surface area contributed by atoms with E-state index in [-0.39, 0.29) is 12.4 Å². The van der Waals surface area contributed by atoms with Gasteiger partial charge in [-0.05, 0) is 19.9 Å². The fourth-order valence-electron chi connectivity index (χ4n) is 2.29. The Labute approximate surface area is 78.8 Å². The summed E-state index contributed by atoms with van der Waals surface area (Å²) in [6, 6.07) is 1.30. The molecule has 2 unspecified atom stereocenters.